The van der Waals surface area contributed by atoms with Crippen molar-refractivity contribution < 1.29 is 9.31 Å². The first-order valence-electron chi connectivity index (χ1n) is 7.95. The third-order valence-electron chi connectivity index (χ3n) is 3.84. The number of nitro benzene ring substituents is 1. The monoisotopic (exact) mass is 381 g/mol. The average molecular weight is 381 g/mol. The summed E-state index contributed by atoms with van der Waals surface area (Å²) in [6.07, 6.45) is 0. The van der Waals surface area contributed by atoms with Crippen molar-refractivity contribution in [2.75, 3.05) is 0 Å². The van der Waals surface area contributed by atoms with Gasteiger partial charge in [-0.1, -0.05) is 36.0 Å². The molecule has 0 amide bonds. The van der Waals surface area contributed by atoms with Crippen molar-refractivity contribution in [3.63, 3.8) is 0 Å². The van der Waals surface area contributed by atoms with E-state index in [2.05, 4.69) is 15.3 Å². The van der Waals surface area contributed by atoms with E-state index in [1.165, 1.54) is 36.0 Å². The van der Waals surface area contributed by atoms with Crippen molar-refractivity contribution in [3.05, 3.63) is 82.2 Å². The smallest absolute Gasteiger partial charge is 0.258 e. The Morgan fingerprint density at radius 3 is 2.74 bits per heavy atom. The Kier molecular flexibility index (Phi) is 4.51. The highest BCUT2D eigenvalue weighted by Crippen LogP contribution is 2.25. The Hall–Kier alpha value is -3.33. The second-order valence-corrected chi connectivity index (χ2v) is 6.64. The van der Waals surface area contributed by atoms with Gasteiger partial charge < -0.3 is 0 Å². The van der Waals surface area contributed by atoms with Crippen molar-refractivity contribution in [1.29, 1.82) is 0 Å². The fourth-order valence-electron chi connectivity index (χ4n) is 2.57. The van der Waals surface area contributed by atoms with E-state index in [1.807, 2.05) is 6.07 Å². The van der Waals surface area contributed by atoms with Crippen LogP contribution >= 0.6 is 11.8 Å². The molecular weight excluding hydrogens is 369 g/mol. The molecule has 27 heavy (non-hydrogen) atoms. The highest BCUT2D eigenvalue weighted by molar-refractivity contribution is 7.98. The zero-order valence-corrected chi connectivity index (χ0v) is 14.6. The van der Waals surface area contributed by atoms with Gasteiger partial charge in [0.2, 0.25) is 5.16 Å². The molecule has 0 radical (unpaired) electrons. The van der Waals surface area contributed by atoms with Crippen molar-refractivity contribution >= 4 is 23.1 Å². The highest BCUT2D eigenvalue weighted by Gasteiger charge is 2.12. The summed E-state index contributed by atoms with van der Waals surface area (Å²) in [5.41, 5.74) is 2.58. The molecule has 0 aliphatic carbocycles. The van der Waals surface area contributed by atoms with Crippen molar-refractivity contribution in [2.24, 2.45) is 0 Å². The van der Waals surface area contributed by atoms with Crippen LogP contribution in [0.5, 0.6) is 0 Å². The molecule has 0 N–H and O–H groups in total. The van der Waals surface area contributed by atoms with Crippen LogP contribution in [0, 0.1) is 15.9 Å². The van der Waals surface area contributed by atoms with Crippen LogP contribution in [0.2, 0.25) is 0 Å². The van der Waals surface area contributed by atoms with E-state index in [1.54, 1.807) is 34.8 Å². The molecule has 2 aromatic heterocycles. The van der Waals surface area contributed by atoms with Gasteiger partial charge in [0.05, 0.1) is 10.6 Å². The van der Waals surface area contributed by atoms with Gasteiger partial charge in [0, 0.05) is 23.4 Å². The molecular formula is C18H12FN5O2S. The molecule has 0 bridgehead atoms. The number of halogens is 1. The van der Waals surface area contributed by atoms with Crippen molar-refractivity contribution in [2.45, 2.75) is 10.9 Å². The summed E-state index contributed by atoms with van der Waals surface area (Å²) in [5.74, 6) is 0.228. The van der Waals surface area contributed by atoms with Gasteiger partial charge in [0.1, 0.15) is 5.82 Å². The second-order valence-electron chi connectivity index (χ2n) is 5.70. The van der Waals surface area contributed by atoms with E-state index < -0.39 is 4.92 Å². The average Bonchev–Trinajstić information content (AvgIpc) is 3.09. The molecule has 2 heterocycles. The number of hydrogen-bond acceptors (Lipinski definition) is 6. The summed E-state index contributed by atoms with van der Waals surface area (Å²) in [7, 11) is 0. The number of thioether (sulfide) groups is 1. The van der Waals surface area contributed by atoms with E-state index in [9.17, 15) is 14.5 Å². The Bertz CT molecular complexity index is 1150. The van der Waals surface area contributed by atoms with Crippen molar-refractivity contribution in [3.8, 4) is 11.3 Å². The molecule has 0 saturated carbocycles. The number of nitro groups is 1. The molecule has 0 aliphatic heterocycles. The lowest BCUT2D eigenvalue weighted by atomic mass is 10.1. The van der Waals surface area contributed by atoms with E-state index in [4.69, 9.17) is 0 Å². The summed E-state index contributed by atoms with van der Waals surface area (Å²) >= 11 is 1.38. The zero-order valence-electron chi connectivity index (χ0n) is 13.8. The Morgan fingerprint density at radius 1 is 1.07 bits per heavy atom. The van der Waals surface area contributed by atoms with Gasteiger partial charge in [-0.25, -0.2) is 4.39 Å². The molecule has 0 saturated heterocycles. The minimum atomic E-state index is -0.443. The molecule has 7 nitrogen and oxygen atoms in total. The maximum absolute atomic E-state index is 13.3. The van der Waals surface area contributed by atoms with E-state index in [-0.39, 0.29) is 11.5 Å². The van der Waals surface area contributed by atoms with Crippen LogP contribution in [0.1, 0.15) is 5.56 Å². The van der Waals surface area contributed by atoms with Crippen LogP contribution in [-0.2, 0) is 5.75 Å². The Morgan fingerprint density at radius 2 is 1.93 bits per heavy atom. The normalized spacial score (nSPS) is 11.0. The van der Waals surface area contributed by atoms with Gasteiger partial charge in [-0.2, -0.15) is 9.61 Å². The summed E-state index contributed by atoms with van der Waals surface area (Å²) in [6, 6.07) is 16.1. The first kappa shape index (κ1) is 17.1. The number of nitrogens with zero attached hydrogens (tertiary/aromatic N) is 5. The van der Waals surface area contributed by atoms with Crippen LogP contribution in [0.15, 0.2) is 65.8 Å². The zero-order chi connectivity index (χ0) is 18.8. The number of hydrogen-bond donors (Lipinski definition) is 0. The minimum Gasteiger partial charge on any atom is -0.258 e. The van der Waals surface area contributed by atoms with Crippen LogP contribution in [0.25, 0.3) is 16.9 Å². The third-order valence-corrected chi connectivity index (χ3v) is 4.83. The number of rotatable bonds is 5. The maximum Gasteiger partial charge on any atom is 0.270 e. The van der Waals surface area contributed by atoms with Gasteiger partial charge in [-0.05, 0) is 29.8 Å². The van der Waals surface area contributed by atoms with Gasteiger partial charge in [-0.3, -0.25) is 10.1 Å². The molecule has 9 heteroatoms. The summed E-state index contributed by atoms with van der Waals surface area (Å²) in [6.45, 7) is 0. The van der Waals surface area contributed by atoms with E-state index >= 15 is 0 Å². The molecule has 2 aromatic carbocycles. The fourth-order valence-corrected chi connectivity index (χ4v) is 3.40. The lowest BCUT2D eigenvalue weighted by Crippen LogP contribution is -1.97. The molecule has 0 atom stereocenters. The highest BCUT2D eigenvalue weighted by atomic mass is 32.2. The van der Waals surface area contributed by atoms with E-state index in [0.29, 0.717) is 27.8 Å². The molecule has 134 valence electrons. The quantitative estimate of drug-likeness (QED) is 0.293. The number of non-ortho nitro benzene ring substituents is 1. The lowest BCUT2D eigenvalue weighted by molar-refractivity contribution is -0.384. The predicted octanol–water partition coefficient (Wildman–Crippen LogP) is 4.13. The Labute approximate surface area is 157 Å². The third kappa shape index (κ3) is 3.63. The molecule has 0 spiro atoms. The largest absolute Gasteiger partial charge is 0.270 e. The van der Waals surface area contributed by atoms with Gasteiger partial charge >= 0.3 is 0 Å². The standard InChI is InChI=1S/C18H12FN5O2S/c19-14-5-1-3-12(9-14)11-27-18-21-20-17-8-7-16(22-23(17)18)13-4-2-6-15(10-13)24(25)26/h1-10H,11H2. The summed E-state index contributed by atoms with van der Waals surface area (Å²) in [4.78, 5) is 10.5. The maximum atomic E-state index is 13.3. The van der Waals surface area contributed by atoms with Crippen LogP contribution < -0.4 is 0 Å². The minimum absolute atomic E-state index is 0.00106. The lowest BCUT2D eigenvalue weighted by Gasteiger charge is -2.04. The van der Waals surface area contributed by atoms with Crippen LogP contribution in [0.3, 0.4) is 0 Å². The SMILES string of the molecule is O=[N+]([O-])c1cccc(-c2ccc3nnc(SCc4cccc(F)c4)n3n2)c1. The molecule has 4 aromatic rings. The number of fused-ring (bicyclic) bond motifs is 1. The summed E-state index contributed by atoms with van der Waals surface area (Å²) < 4.78 is 14.9. The van der Waals surface area contributed by atoms with Gasteiger partial charge in [0.25, 0.3) is 5.69 Å². The Balaban J connectivity index is 1.65. The fraction of sp³-hybridized carbons (Fsp3) is 0.0556. The van der Waals surface area contributed by atoms with E-state index in [0.717, 1.165) is 5.56 Å². The summed E-state index contributed by atoms with van der Waals surface area (Å²) in [5, 5.41) is 24.3. The van der Waals surface area contributed by atoms with Crippen LogP contribution in [0.4, 0.5) is 10.1 Å². The first-order valence-corrected chi connectivity index (χ1v) is 8.93. The van der Waals surface area contributed by atoms with Crippen LogP contribution in [-0.4, -0.2) is 24.7 Å². The second kappa shape index (κ2) is 7.12. The topological polar surface area (TPSA) is 86.2 Å². The molecule has 4 rings (SSSR count). The molecule has 0 unspecified atom stereocenters. The van der Waals surface area contributed by atoms with Gasteiger partial charge in [0.15, 0.2) is 5.65 Å². The predicted molar refractivity (Wildman–Crippen MR) is 98.8 cm³/mol. The molecule has 0 aliphatic rings. The van der Waals surface area contributed by atoms with Crippen molar-refractivity contribution in [1.82, 2.24) is 19.8 Å². The molecule has 0 fully saturated rings. The first-order chi connectivity index (χ1) is 13.1. The van der Waals surface area contributed by atoms with Gasteiger partial charge in [-0.15, -0.1) is 10.2 Å². The number of benzene rings is 2. The number of aromatic nitrogens is 4.